The van der Waals surface area contributed by atoms with E-state index in [1.54, 1.807) is 15.9 Å². The zero-order valence-corrected chi connectivity index (χ0v) is 11.5. The molecular weight excluding hydrogens is 264 g/mol. The Balaban J connectivity index is 2.01. The highest BCUT2D eigenvalue weighted by Gasteiger charge is 2.43. The topological polar surface area (TPSA) is 40.6 Å². The number of nitrogens with zero attached hydrogens (tertiary/aromatic N) is 2. The minimum atomic E-state index is -0.295. The molecule has 2 aliphatic rings. The fourth-order valence-corrected chi connectivity index (χ4v) is 3.28. The number of para-hydroxylation sites is 1. The van der Waals surface area contributed by atoms with E-state index in [0.29, 0.717) is 17.3 Å². The molecule has 2 amide bonds. The number of piperazine rings is 1. The van der Waals surface area contributed by atoms with Crippen LogP contribution in [-0.4, -0.2) is 35.8 Å². The molecule has 19 heavy (non-hydrogen) atoms. The normalized spacial score (nSPS) is 22.9. The second kappa shape index (κ2) is 4.53. The van der Waals surface area contributed by atoms with Crippen LogP contribution in [0.2, 0.25) is 5.02 Å². The maximum Gasteiger partial charge on any atom is 0.250 e. The van der Waals surface area contributed by atoms with E-state index in [1.807, 2.05) is 19.1 Å². The minimum Gasteiger partial charge on any atom is -0.329 e. The van der Waals surface area contributed by atoms with Crippen molar-refractivity contribution in [1.82, 2.24) is 4.90 Å². The molecule has 4 nitrogen and oxygen atoms in total. The van der Waals surface area contributed by atoms with Crippen LogP contribution in [0.1, 0.15) is 18.4 Å². The van der Waals surface area contributed by atoms with Crippen LogP contribution in [0.5, 0.6) is 0 Å². The van der Waals surface area contributed by atoms with Gasteiger partial charge in [-0.3, -0.25) is 14.5 Å². The average molecular weight is 279 g/mol. The third-order valence-corrected chi connectivity index (χ3v) is 4.18. The monoisotopic (exact) mass is 278 g/mol. The number of hydrogen-bond acceptors (Lipinski definition) is 2. The Kier molecular flexibility index (Phi) is 2.97. The molecule has 0 bridgehead atoms. The van der Waals surface area contributed by atoms with Gasteiger partial charge in [-0.1, -0.05) is 23.7 Å². The van der Waals surface area contributed by atoms with Crippen molar-refractivity contribution < 1.29 is 9.59 Å². The number of rotatable bonds is 1. The number of hydrogen-bond donors (Lipinski definition) is 0. The Morgan fingerprint density at radius 2 is 2.11 bits per heavy atom. The van der Waals surface area contributed by atoms with Gasteiger partial charge in [0.25, 0.3) is 0 Å². The van der Waals surface area contributed by atoms with Crippen molar-refractivity contribution in [1.29, 1.82) is 0 Å². The van der Waals surface area contributed by atoms with E-state index < -0.39 is 0 Å². The zero-order chi connectivity index (χ0) is 13.6. The van der Waals surface area contributed by atoms with Crippen LogP contribution >= 0.6 is 11.6 Å². The summed E-state index contributed by atoms with van der Waals surface area (Å²) in [5.41, 5.74) is 1.59. The molecule has 2 saturated heterocycles. The first-order valence-corrected chi connectivity index (χ1v) is 6.83. The standard InChI is InChI=1S/C14H15ClN2O2/c1-9-4-2-5-10(15)13(9)17-8-12(18)16-7-3-6-11(16)14(17)19/h2,4-5,11H,3,6-8H2,1H3. The molecule has 100 valence electrons. The predicted molar refractivity (Wildman–Crippen MR) is 73.3 cm³/mol. The Morgan fingerprint density at radius 3 is 2.84 bits per heavy atom. The lowest BCUT2D eigenvalue weighted by Gasteiger charge is -2.37. The van der Waals surface area contributed by atoms with Crippen molar-refractivity contribution in [3.8, 4) is 0 Å². The largest absolute Gasteiger partial charge is 0.329 e. The van der Waals surface area contributed by atoms with Crippen LogP contribution in [0.25, 0.3) is 0 Å². The highest BCUT2D eigenvalue weighted by atomic mass is 35.5. The van der Waals surface area contributed by atoms with Crippen molar-refractivity contribution in [3.63, 3.8) is 0 Å². The third kappa shape index (κ3) is 1.91. The number of carbonyl (C=O) groups is 2. The van der Waals surface area contributed by atoms with Crippen molar-refractivity contribution >= 4 is 29.1 Å². The van der Waals surface area contributed by atoms with Crippen LogP contribution in [-0.2, 0) is 9.59 Å². The number of amides is 2. The summed E-state index contributed by atoms with van der Waals surface area (Å²) in [6.07, 6.45) is 1.65. The summed E-state index contributed by atoms with van der Waals surface area (Å²) in [6, 6.07) is 5.21. The summed E-state index contributed by atoms with van der Waals surface area (Å²) in [4.78, 5) is 27.9. The van der Waals surface area contributed by atoms with Gasteiger partial charge in [-0.15, -0.1) is 0 Å². The summed E-state index contributed by atoms with van der Waals surface area (Å²) < 4.78 is 0. The maximum absolute atomic E-state index is 12.5. The molecule has 1 aromatic rings. The number of halogens is 1. The lowest BCUT2D eigenvalue weighted by Crippen LogP contribution is -2.57. The van der Waals surface area contributed by atoms with Gasteiger partial charge in [0.05, 0.1) is 10.7 Å². The molecule has 0 radical (unpaired) electrons. The fourth-order valence-electron chi connectivity index (χ4n) is 2.96. The fraction of sp³-hybridized carbons (Fsp3) is 0.429. The lowest BCUT2D eigenvalue weighted by molar-refractivity contribution is -0.140. The smallest absolute Gasteiger partial charge is 0.250 e. The quantitative estimate of drug-likeness (QED) is 0.788. The van der Waals surface area contributed by atoms with Crippen LogP contribution in [0.3, 0.4) is 0 Å². The Hall–Kier alpha value is -1.55. The van der Waals surface area contributed by atoms with Gasteiger partial charge in [-0.05, 0) is 31.4 Å². The van der Waals surface area contributed by atoms with Crippen LogP contribution in [0.4, 0.5) is 5.69 Å². The highest BCUT2D eigenvalue weighted by Crippen LogP contribution is 2.33. The van der Waals surface area contributed by atoms with Gasteiger partial charge in [-0.2, -0.15) is 0 Å². The van der Waals surface area contributed by atoms with Crippen LogP contribution in [0, 0.1) is 6.92 Å². The molecule has 0 spiro atoms. The molecule has 3 rings (SSSR count). The molecule has 2 heterocycles. The molecular formula is C14H15ClN2O2. The second-order valence-corrected chi connectivity index (χ2v) is 5.48. The van der Waals surface area contributed by atoms with E-state index in [4.69, 9.17) is 11.6 Å². The van der Waals surface area contributed by atoms with Crippen LogP contribution < -0.4 is 4.90 Å². The Morgan fingerprint density at radius 1 is 1.32 bits per heavy atom. The van der Waals surface area contributed by atoms with Crippen LogP contribution in [0.15, 0.2) is 18.2 Å². The van der Waals surface area contributed by atoms with Gasteiger partial charge in [0.15, 0.2) is 0 Å². The molecule has 1 aromatic carbocycles. The number of benzene rings is 1. The summed E-state index contributed by atoms with van der Waals surface area (Å²) in [5.74, 6) is 0.00900. The zero-order valence-electron chi connectivity index (χ0n) is 10.7. The first kappa shape index (κ1) is 12.5. The van der Waals surface area contributed by atoms with E-state index in [9.17, 15) is 9.59 Å². The number of fused-ring (bicyclic) bond motifs is 1. The van der Waals surface area contributed by atoms with Gasteiger partial charge in [-0.25, -0.2) is 0 Å². The molecule has 1 unspecified atom stereocenters. The third-order valence-electron chi connectivity index (χ3n) is 3.88. The molecule has 0 N–H and O–H groups in total. The molecule has 5 heteroatoms. The van der Waals surface area contributed by atoms with Gasteiger partial charge >= 0.3 is 0 Å². The molecule has 1 atom stereocenters. The predicted octanol–water partition coefficient (Wildman–Crippen LogP) is 1.99. The van der Waals surface area contributed by atoms with Gasteiger partial charge in [0.2, 0.25) is 11.8 Å². The van der Waals surface area contributed by atoms with Crippen molar-refractivity contribution in [2.45, 2.75) is 25.8 Å². The van der Waals surface area contributed by atoms with Gasteiger partial charge in [0.1, 0.15) is 12.6 Å². The summed E-state index contributed by atoms with van der Waals surface area (Å²) in [7, 11) is 0. The average Bonchev–Trinajstić information content (AvgIpc) is 2.85. The number of aryl methyl sites for hydroxylation is 1. The SMILES string of the molecule is Cc1cccc(Cl)c1N1CC(=O)N2CCCC2C1=O. The first-order valence-electron chi connectivity index (χ1n) is 6.45. The van der Waals surface area contributed by atoms with Gasteiger partial charge < -0.3 is 4.90 Å². The highest BCUT2D eigenvalue weighted by molar-refractivity contribution is 6.34. The minimum absolute atomic E-state index is 0.00620. The molecule has 2 fully saturated rings. The van der Waals surface area contributed by atoms with E-state index in [-0.39, 0.29) is 24.4 Å². The maximum atomic E-state index is 12.5. The van der Waals surface area contributed by atoms with E-state index >= 15 is 0 Å². The van der Waals surface area contributed by atoms with E-state index in [0.717, 1.165) is 18.4 Å². The second-order valence-electron chi connectivity index (χ2n) is 5.07. The summed E-state index contributed by atoms with van der Waals surface area (Å²) in [5, 5.41) is 0.521. The summed E-state index contributed by atoms with van der Waals surface area (Å²) >= 11 is 6.20. The first-order chi connectivity index (χ1) is 9.09. The van der Waals surface area contributed by atoms with Crippen molar-refractivity contribution in [3.05, 3.63) is 28.8 Å². The number of carbonyl (C=O) groups excluding carboxylic acids is 2. The molecule has 0 saturated carbocycles. The van der Waals surface area contributed by atoms with E-state index in [2.05, 4.69) is 0 Å². The van der Waals surface area contributed by atoms with Crippen molar-refractivity contribution in [2.75, 3.05) is 18.0 Å². The molecule has 0 aliphatic carbocycles. The molecule has 2 aliphatic heterocycles. The summed E-state index contributed by atoms with van der Waals surface area (Å²) in [6.45, 7) is 2.70. The van der Waals surface area contributed by atoms with Gasteiger partial charge in [0, 0.05) is 6.54 Å². The number of anilines is 1. The lowest BCUT2D eigenvalue weighted by atomic mass is 10.1. The Labute approximate surface area is 116 Å². The van der Waals surface area contributed by atoms with Crippen molar-refractivity contribution in [2.24, 2.45) is 0 Å². The van der Waals surface area contributed by atoms with E-state index in [1.165, 1.54) is 0 Å². The molecule has 0 aromatic heterocycles. The Bertz CT molecular complexity index is 538.